The zero-order chi connectivity index (χ0) is 11.8. The minimum Gasteiger partial charge on any atom is -0.496 e. The van der Waals surface area contributed by atoms with E-state index in [4.69, 9.17) is 15.3 Å². The van der Waals surface area contributed by atoms with Crippen LogP contribution < -0.4 is 0 Å². The van der Waals surface area contributed by atoms with Gasteiger partial charge in [0.1, 0.15) is 17.9 Å². The third kappa shape index (κ3) is 3.48. The van der Waals surface area contributed by atoms with Gasteiger partial charge in [0, 0.05) is 6.42 Å². The molecule has 0 spiro atoms. The summed E-state index contributed by atoms with van der Waals surface area (Å²) >= 11 is 0. The van der Waals surface area contributed by atoms with Crippen LogP contribution >= 0.6 is 0 Å². The molecule has 0 bridgehead atoms. The molecule has 0 unspecified atom stereocenters. The average Bonchev–Trinajstić information content (AvgIpc) is 2.32. The Morgan fingerprint density at radius 3 is 2.38 bits per heavy atom. The van der Waals surface area contributed by atoms with E-state index in [-0.39, 0.29) is 5.57 Å². The van der Waals surface area contributed by atoms with Gasteiger partial charge >= 0.3 is 0 Å². The Bertz CT molecular complexity index is 433. The molecule has 16 heavy (non-hydrogen) atoms. The van der Waals surface area contributed by atoms with E-state index in [9.17, 15) is 0 Å². The van der Waals surface area contributed by atoms with Crippen molar-refractivity contribution in [2.24, 2.45) is 0 Å². The first-order valence-corrected chi connectivity index (χ1v) is 4.95. The Hall–Kier alpha value is -2.26. The van der Waals surface area contributed by atoms with E-state index in [0.717, 1.165) is 6.42 Å². The van der Waals surface area contributed by atoms with Gasteiger partial charge in [-0.25, -0.2) is 0 Å². The number of rotatable bonds is 4. The van der Waals surface area contributed by atoms with Gasteiger partial charge in [0.15, 0.2) is 5.57 Å². The first-order chi connectivity index (χ1) is 7.77. The highest BCUT2D eigenvalue weighted by atomic mass is 16.5. The topological polar surface area (TPSA) is 56.8 Å². The van der Waals surface area contributed by atoms with Gasteiger partial charge in [-0.1, -0.05) is 30.3 Å². The Labute approximate surface area is 95.2 Å². The van der Waals surface area contributed by atoms with E-state index < -0.39 is 0 Å². The molecule has 1 aromatic carbocycles. The van der Waals surface area contributed by atoms with E-state index in [1.54, 1.807) is 19.1 Å². The molecule has 3 heteroatoms. The van der Waals surface area contributed by atoms with Crippen molar-refractivity contribution in [2.75, 3.05) is 6.61 Å². The lowest BCUT2D eigenvalue weighted by Crippen LogP contribution is -1.98. The van der Waals surface area contributed by atoms with Crippen LogP contribution in [0.15, 0.2) is 41.7 Å². The van der Waals surface area contributed by atoms with E-state index in [0.29, 0.717) is 12.4 Å². The Morgan fingerprint density at radius 2 is 1.81 bits per heavy atom. The molecule has 0 fully saturated rings. The number of allylic oxidation sites excluding steroid dienone is 2. The standard InChI is InChI=1S/C13H12N2O/c1-11(13(9-14)10-15)16-8-7-12-5-3-2-4-6-12/h2-6H,7-8H2,1H3. The van der Waals surface area contributed by atoms with Gasteiger partial charge in [-0.15, -0.1) is 0 Å². The van der Waals surface area contributed by atoms with Gasteiger partial charge in [0.25, 0.3) is 0 Å². The molecule has 0 saturated carbocycles. The van der Waals surface area contributed by atoms with Crippen molar-refractivity contribution in [3.05, 3.63) is 47.2 Å². The van der Waals surface area contributed by atoms with Crippen LogP contribution in [0.3, 0.4) is 0 Å². The lowest BCUT2D eigenvalue weighted by Gasteiger charge is -2.05. The van der Waals surface area contributed by atoms with Gasteiger partial charge in [0.2, 0.25) is 0 Å². The molecule has 0 N–H and O–H groups in total. The first kappa shape index (κ1) is 11.8. The fraction of sp³-hybridized carbons (Fsp3) is 0.231. The molecule has 0 aliphatic rings. The smallest absolute Gasteiger partial charge is 0.166 e. The molecule has 0 heterocycles. The van der Waals surface area contributed by atoms with Gasteiger partial charge in [-0.05, 0) is 12.5 Å². The van der Waals surface area contributed by atoms with Crippen LogP contribution in [0.1, 0.15) is 12.5 Å². The van der Waals surface area contributed by atoms with E-state index in [1.165, 1.54) is 5.56 Å². The Balaban J connectivity index is 2.46. The molecule has 1 rings (SSSR count). The zero-order valence-electron chi connectivity index (χ0n) is 9.10. The van der Waals surface area contributed by atoms with Crippen LogP contribution in [0.25, 0.3) is 0 Å². The number of benzene rings is 1. The van der Waals surface area contributed by atoms with Crippen LogP contribution in [0.2, 0.25) is 0 Å². The van der Waals surface area contributed by atoms with Crippen LogP contribution in [-0.4, -0.2) is 6.61 Å². The highest BCUT2D eigenvalue weighted by Crippen LogP contribution is 2.06. The van der Waals surface area contributed by atoms with Crippen LogP contribution in [0.4, 0.5) is 0 Å². The summed E-state index contributed by atoms with van der Waals surface area (Å²) in [4.78, 5) is 0. The maximum atomic E-state index is 8.60. The first-order valence-electron chi connectivity index (χ1n) is 4.95. The fourth-order valence-electron chi connectivity index (χ4n) is 1.22. The molecule has 0 atom stereocenters. The lowest BCUT2D eigenvalue weighted by molar-refractivity contribution is 0.216. The lowest BCUT2D eigenvalue weighted by atomic mass is 10.2. The second kappa shape index (κ2) is 6.27. The van der Waals surface area contributed by atoms with Crippen LogP contribution in [-0.2, 0) is 11.2 Å². The summed E-state index contributed by atoms with van der Waals surface area (Å²) in [5.41, 5.74) is 1.21. The molecule has 0 amide bonds. The monoisotopic (exact) mass is 212 g/mol. The average molecular weight is 212 g/mol. The second-order valence-electron chi connectivity index (χ2n) is 3.24. The highest BCUT2D eigenvalue weighted by Gasteiger charge is 2.01. The minimum atomic E-state index is 0.0352. The normalized spacial score (nSPS) is 8.69. The van der Waals surface area contributed by atoms with Crippen molar-refractivity contribution in [1.82, 2.24) is 0 Å². The van der Waals surface area contributed by atoms with Gasteiger partial charge in [-0.2, -0.15) is 10.5 Å². The zero-order valence-corrected chi connectivity index (χ0v) is 9.10. The Kier molecular flexibility index (Phi) is 4.63. The highest BCUT2D eigenvalue weighted by molar-refractivity contribution is 5.37. The Morgan fingerprint density at radius 1 is 1.19 bits per heavy atom. The summed E-state index contributed by atoms with van der Waals surface area (Å²) in [6, 6.07) is 13.5. The SMILES string of the molecule is CC(OCCc1ccccc1)=C(C#N)C#N. The van der Waals surface area contributed by atoms with E-state index >= 15 is 0 Å². The molecule has 0 aliphatic heterocycles. The van der Waals surface area contributed by atoms with Crippen molar-refractivity contribution in [2.45, 2.75) is 13.3 Å². The van der Waals surface area contributed by atoms with Gasteiger partial charge in [-0.3, -0.25) is 0 Å². The quantitative estimate of drug-likeness (QED) is 0.569. The fourth-order valence-corrected chi connectivity index (χ4v) is 1.22. The molecular weight excluding hydrogens is 200 g/mol. The summed E-state index contributed by atoms with van der Waals surface area (Å²) in [6.07, 6.45) is 0.766. The number of nitrogens with zero attached hydrogens (tertiary/aromatic N) is 2. The van der Waals surface area contributed by atoms with Crippen molar-refractivity contribution in [3.63, 3.8) is 0 Å². The van der Waals surface area contributed by atoms with Crippen molar-refractivity contribution < 1.29 is 4.74 Å². The van der Waals surface area contributed by atoms with E-state index in [2.05, 4.69) is 0 Å². The third-order valence-corrected chi connectivity index (χ3v) is 2.13. The maximum absolute atomic E-state index is 8.60. The van der Waals surface area contributed by atoms with E-state index in [1.807, 2.05) is 30.3 Å². The van der Waals surface area contributed by atoms with Gasteiger partial charge < -0.3 is 4.74 Å². The molecule has 0 aromatic heterocycles. The minimum absolute atomic E-state index is 0.0352. The molecule has 0 saturated heterocycles. The number of hydrogen-bond donors (Lipinski definition) is 0. The summed E-state index contributed by atoms with van der Waals surface area (Å²) in [5.74, 6) is 0.390. The largest absolute Gasteiger partial charge is 0.496 e. The summed E-state index contributed by atoms with van der Waals surface area (Å²) in [7, 11) is 0. The maximum Gasteiger partial charge on any atom is 0.166 e. The van der Waals surface area contributed by atoms with Gasteiger partial charge in [0.05, 0.1) is 6.61 Å². The summed E-state index contributed by atoms with van der Waals surface area (Å²) in [5, 5.41) is 17.2. The second-order valence-corrected chi connectivity index (χ2v) is 3.24. The summed E-state index contributed by atoms with van der Waals surface area (Å²) < 4.78 is 5.32. The molecule has 80 valence electrons. The summed E-state index contributed by atoms with van der Waals surface area (Å²) in [6.45, 7) is 2.11. The predicted molar refractivity (Wildman–Crippen MR) is 60.0 cm³/mol. The van der Waals surface area contributed by atoms with Crippen LogP contribution in [0.5, 0.6) is 0 Å². The molecule has 0 radical (unpaired) electrons. The predicted octanol–water partition coefficient (Wildman–Crippen LogP) is 2.57. The molecule has 3 nitrogen and oxygen atoms in total. The van der Waals surface area contributed by atoms with Crippen molar-refractivity contribution in [1.29, 1.82) is 10.5 Å². The number of hydrogen-bond acceptors (Lipinski definition) is 3. The molecule has 0 aliphatic carbocycles. The van der Waals surface area contributed by atoms with Crippen LogP contribution in [0, 0.1) is 22.7 Å². The molecule has 1 aromatic rings. The molecular formula is C13H12N2O. The van der Waals surface area contributed by atoms with Crippen molar-refractivity contribution in [3.8, 4) is 12.1 Å². The van der Waals surface area contributed by atoms with Crippen molar-refractivity contribution >= 4 is 0 Å². The number of ether oxygens (including phenoxy) is 1. The third-order valence-electron chi connectivity index (χ3n) is 2.13. The number of nitriles is 2.